The maximum Gasteiger partial charge on any atom is 0.291 e. The van der Waals surface area contributed by atoms with Gasteiger partial charge < -0.3 is 15.5 Å². The SMILES string of the molecule is CN(C)CCCC1(NC(=O)c2ccccc2-c2ccc(Cl)cc2)NC=CC=C1[N+](=O)[O-]. The zero-order chi connectivity index (χ0) is 22.4. The van der Waals surface area contributed by atoms with Gasteiger partial charge in [-0.25, -0.2) is 0 Å². The standard InChI is InChI=1S/C23H25ClN4O3/c1-27(2)16-6-14-23(21(28(30)31)9-5-15-25-23)26-22(29)20-8-4-3-7-19(20)17-10-12-18(24)13-11-17/h3-5,7-13,15,25H,6,14,16H2,1-2H3,(H,26,29). The third-order valence-electron chi connectivity index (χ3n) is 5.12. The van der Waals surface area contributed by atoms with Crippen LogP contribution in [0.1, 0.15) is 23.2 Å². The van der Waals surface area contributed by atoms with E-state index < -0.39 is 16.5 Å². The van der Waals surface area contributed by atoms with Gasteiger partial charge in [0.2, 0.25) is 5.66 Å². The summed E-state index contributed by atoms with van der Waals surface area (Å²) in [6.45, 7) is 0.732. The molecule has 1 aliphatic heterocycles. The molecule has 1 amide bonds. The number of nitrogens with one attached hydrogen (secondary N) is 2. The molecule has 0 aliphatic carbocycles. The molecule has 0 spiro atoms. The first kappa shape index (κ1) is 22.5. The average molecular weight is 441 g/mol. The Morgan fingerprint density at radius 2 is 1.90 bits per heavy atom. The highest BCUT2D eigenvalue weighted by atomic mass is 35.5. The second-order valence-electron chi connectivity index (χ2n) is 7.63. The highest BCUT2D eigenvalue weighted by molar-refractivity contribution is 6.30. The number of carbonyl (C=O) groups excluding carboxylic acids is 1. The van der Waals surface area contributed by atoms with Crippen molar-refractivity contribution in [3.8, 4) is 11.1 Å². The van der Waals surface area contributed by atoms with E-state index in [-0.39, 0.29) is 5.70 Å². The van der Waals surface area contributed by atoms with Gasteiger partial charge in [-0.1, -0.05) is 41.9 Å². The largest absolute Gasteiger partial charge is 0.360 e. The molecule has 31 heavy (non-hydrogen) atoms. The van der Waals surface area contributed by atoms with Crippen LogP contribution in [0.2, 0.25) is 5.02 Å². The molecule has 7 nitrogen and oxygen atoms in total. The van der Waals surface area contributed by atoms with Crippen molar-refractivity contribution in [2.45, 2.75) is 18.5 Å². The molecule has 0 saturated carbocycles. The van der Waals surface area contributed by atoms with Gasteiger partial charge in [0.25, 0.3) is 11.6 Å². The summed E-state index contributed by atoms with van der Waals surface area (Å²) in [5, 5.41) is 18.4. The van der Waals surface area contributed by atoms with E-state index in [2.05, 4.69) is 10.6 Å². The van der Waals surface area contributed by atoms with Crippen LogP contribution in [0.4, 0.5) is 0 Å². The number of amides is 1. The topological polar surface area (TPSA) is 87.5 Å². The molecule has 2 aromatic carbocycles. The van der Waals surface area contributed by atoms with Crippen LogP contribution < -0.4 is 10.6 Å². The molecular weight excluding hydrogens is 416 g/mol. The lowest BCUT2D eigenvalue weighted by Crippen LogP contribution is -2.60. The van der Waals surface area contributed by atoms with Gasteiger partial charge in [0, 0.05) is 23.1 Å². The van der Waals surface area contributed by atoms with Crippen LogP contribution >= 0.6 is 11.6 Å². The van der Waals surface area contributed by atoms with Crippen molar-refractivity contribution in [1.29, 1.82) is 0 Å². The van der Waals surface area contributed by atoms with Gasteiger partial charge >= 0.3 is 0 Å². The van der Waals surface area contributed by atoms with Crippen LogP contribution in [-0.2, 0) is 0 Å². The van der Waals surface area contributed by atoms with Crippen LogP contribution in [-0.4, -0.2) is 42.0 Å². The summed E-state index contributed by atoms with van der Waals surface area (Å²) < 4.78 is 0. The predicted octanol–water partition coefficient (Wildman–Crippen LogP) is 4.05. The normalized spacial score (nSPS) is 17.7. The predicted molar refractivity (Wildman–Crippen MR) is 122 cm³/mol. The van der Waals surface area contributed by atoms with Crippen LogP contribution in [0.3, 0.4) is 0 Å². The lowest BCUT2D eigenvalue weighted by atomic mass is 9.94. The Labute approximate surface area is 186 Å². The minimum atomic E-state index is -1.31. The molecule has 0 fully saturated rings. The van der Waals surface area contributed by atoms with Gasteiger partial charge in [-0.2, -0.15) is 0 Å². The van der Waals surface area contributed by atoms with E-state index in [0.29, 0.717) is 23.4 Å². The second kappa shape index (κ2) is 9.76. The van der Waals surface area contributed by atoms with Crippen molar-refractivity contribution >= 4 is 17.5 Å². The number of nitro groups is 1. The molecule has 1 atom stereocenters. The summed E-state index contributed by atoms with van der Waals surface area (Å²) in [4.78, 5) is 26.7. The molecule has 3 rings (SSSR count). The summed E-state index contributed by atoms with van der Waals surface area (Å²) in [5.41, 5.74) is 0.580. The first-order valence-electron chi connectivity index (χ1n) is 9.94. The van der Waals surface area contributed by atoms with Crippen molar-refractivity contribution in [3.05, 3.63) is 93.3 Å². The quantitative estimate of drug-likeness (QED) is 0.477. The van der Waals surface area contributed by atoms with Crippen LogP contribution in [0.15, 0.2) is 72.6 Å². The minimum Gasteiger partial charge on any atom is -0.360 e. The Hall–Kier alpha value is -3.16. The molecular formula is C23H25ClN4O3. The Bertz CT molecular complexity index is 1020. The highest BCUT2D eigenvalue weighted by Gasteiger charge is 2.44. The molecule has 162 valence electrons. The van der Waals surface area contributed by atoms with E-state index in [0.717, 1.165) is 17.7 Å². The van der Waals surface area contributed by atoms with Crippen LogP contribution in [0, 0.1) is 10.1 Å². The number of carbonyl (C=O) groups is 1. The number of halogens is 1. The number of hydrogen-bond acceptors (Lipinski definition) is 5. The highest BCUT2D eigenvalue weighted by Crippen LogP contribution is 2.28. The maximum atomic E-state index is 13.4. The number of hydrogen-bond donors (Lipinski definition) is 2. The molecule has 1 aliphatic rings. The molecule has 0 saturated heterocycles. The fourth-order valence-corrected chi connectivity index (χ4v) is 3.74. The van der Waals surface area contributed by atoms with Gasteiger partial charge in [0.1, 0.15) is 0 Å². The monoisotopic (exact) mass is 440 g/mol. The summed E-state index contributed by atoms with van der Waals surface area (Å²) in [7, 11) is 3.87. The second-order valence-corrected chi connectivity index (χ2v) is 8.07. The van der Waals surface area contributed by atoms with Crippen molar-refractivity contribution in [2.24, 2.45) is 0 Å². The third kappa shape index (κ3) is 5.31. The first-order chi connectivity index (χ1) is 14.8. The smallest absolute Gasteiger partial charge is 0.291 e. The number of nitrogens with zero attached hydrogens (tertiary/aromatic N) is 2. The summed E-state index contributed by atoms with van der Waals surface area (Å²) in [6.07, 6.45) is 5.62. The van der Waals surface area contributed by atoms with Gasteiger partial charge in [-0.3, -0.25) is 14.9 Å². The van der Waals surface area contributed by atoms with Crippen LogP contribution in [0.5, 0.6) is 0 Å². The van der Waals surface area contributed by atoms with Crippen molar-refractivity contribution in [2.75, 3.05) is 20.6 Å². The fourth-order valence-electron chi connectivity index (χ4n) is 3.61. The minimum absolute atomic E-state index is 0.0916. The van der Waals surface area contributed by atoms with Crippen molar-refractivity contribution in [1.82, 2.24) is 15.5 Å². The Morgan fingerprint density at radius 3 is 2.58 bits per heavy atom. The number of dihydropyridines is 1. The zero-order valence-electron chi connectivity index (χ0n) is 17.5. The van der Waals surface area contributed by atoms with E-state index in [1.807, 2.05) is 43.3 Å². The molecule has 2 aromatic rings. The van der Waals surface area contributed by atoms with Gasteiger partial charge in [0.15, 0.2) is 0 Å². The molecule has 8 heteroatoms. The van der Waals surface area contributed by atoms with E-state index in [9.17, 15) is 14.9 Å². The maximum absolute atomic E-state index is 13.4. The van der Waals surface area contributed by atoms with E-state index >= 15 is 0 Å². The van der Waals surface area contributed by atoms with Gasteiger partial charge in [0.05, 0.1) is 4.92 Å². The van der Waals surface area contributed by atoms with E-state index in [1.54, 1.807) is 36.5 Å². The van der Waals surface area contributed by atoms with Crippen molar-refractivity contribution in [3.63, 3.8) is 0 Å². The van der Waals surface area contributed by atoms with Gasteiger partial charge in [-0.15, -0.1) is 0 Å². The Morgan fingerprint density at radius 1 is 1.19 bits per heavy atom. The number of allylic oxidation sites excluding steroid dienone is 2. The zero-order valence-corrected chi connectivity index (χ0v) is 18.2. The molecule has 0 aromatic heterocycles. The summed E-state index contributed by atoms with van der Waals surface area (Å²) in [6, 6.07) is 14.4. The lowest BCUT2D eigenvalue weighted by molar-refractivity contribution is -0.437. The molecule has 0 radical (unpaired) electrons. The van der Waals surface area contributed by atoms with E-state index in [4.69, 9.17) is 11.6 Å². The number of rotatable bonds is 8. The fraction of sp³-hybridized carbons (Fsp3) is 0.261. The first-order valence-corrected chi connectivity index (χ1v) is 10.3. The molecule has 1 heterocycles. The number of benzene rings is 2. The lowest BCUT2D eigenvalue weighted by Gasteiger charge is -2.34. The van der Waals surface area contributed by atoms with Crippen molar-refractivity contribution < 1.29 is 9.72 Å². The average Bonchev–Trinajstić information content (AvgIpc) is 2.74. The van der Waals surface area contributed by atoms with E-state index in [1.165, 1.54) is 6.08 Å². The summed E-state index contributed by atoms with van der Waals surface area (Å²) >= 11 is 6.00. The Balaban J connectivity index is 1.95. The Kier molecular flexibility index (Phi) is 7.09. The summed E-state index contributed by atoms with van der Waals surface area (Å²) in [5.74, 6) is -0.397. The van der Waals surface area contributed by atoms with Crippen LogP contribution in [0.25, 0.3) is 11.1 Å². The molecule has 0 bridgehead atoms. The molecule has 2 N–H and O–H groups in total. The molecule has 1 unspecified atom stereocenters. The third-order valence-corrected chi connectivity index (χ3v) is 5.38. The van der Waals surface area contributed by atoms with Gasteiger partial charge in [-0.05, 0) is 68.7 Å².